The largest absolute Gasteiger partial charge is 0.451 e. The molecule has 2 atom stereocenters. The van der Waals surface area contributed by atoms with Crippen LogP contribution in [0.2, 0.25) is 0 Å². The van der Waals surface area contributed by atoms with Crippen molar-refractivity contribution in [3.8, 4) is 0 Å². The maximum Gasteiger partial charge on any atom is 0.275 e. The third-order valence-corrected chi connectivity index (χ3v) is 4.25. The summed E-state index contributed by atoms with van der Waals surface area (Å²) in [4.78, 5) is 18.2. The Morgan fingerprint density at radius 1 is 1.41 bits per heavy atom. The van der Waals surface area contributed by atoms with Crippen molar-refractivity contribution in [2.45, 2.75) is 18.9 Å². The first-order valence-corrected chi connectivity index (χ1v) is 7.52. The van der Waals surface area contributed by atoms with Crippen LogP contribution in [0.3, 0.4) is 0 Å². The summed E-state index contributed by atoms with van der Waals surface area (Å²) < 4.78 is 10.5. The highest BCUT2D eigenvalue weighted by molar-refractivity contribution is 5.91. The lowest BCUT2D eigenvalue weighted by Crippen LogP contribution is -2.47. The van der Waals surface area contributed by atoms with Crippen molar-refractivity contribution >= 4 is 5.91 Å². The highest BCUT2D eigenvalue weighted by Crippen LogP contribution is 2.24. The van der Waals surface area contributed by atoms with Crippen LogP contribution in [-0.4, -0.2) is 42.1 Å². The van der Waals surface area contributed by atoms with E-state index >= 15 is 0 Å². The van der Waals surface area contributed by atoms with Crippen LogP contribution in [0.5, 0.6) is 0 Å². The highest BCUT2D eigenvalue weighted by atomic mass is 16.5. The van der Waals surface area contributed by atoms with Crippen molar-refractivity contribution in [3.63, 3.8) is 0 Å². The van der Waals surface area contributed by atoms with E-state index in [0.717, 1.165) is 12.8 Å². The van der Waals surface area contributed by atoms with Gasteiger partial charge >= 0.3 is 0 Å². The molecule has 0 aliphatic carbocycles. The molecule has 0 radical (unpaired) electrons. The van der Waals surface area contributed by atoms with E-state index in [9.17, 15) is 4.79 Å². The van der Waals surface area contributed by atoms with Gasteiger partial charge in [0.1, 0.15) is 6.26 Å². The molecule has 1 aromatic heterocycles. The fourth-order valence-electron chi connectivity index (χ4n) is 3.10. The second-order valence-electron chi connectivity index (χ2n) is 5.64. The van der Waals surface area contributed by atoms with Gasteiger partial charge in [-0.05, 0) is 18.4 Å². The number of carbonyl (C=O) groups excluding carboxylic acids is 1. The molecule has 1 aromatic carbocycles. The van der Waals surface area contributed by atoms with E-state index in [2.05, 4.69) is 17.1 Å². The first-order valence-electron chi connectivity index (χ1n) is 7.52. The third-order valence-electron chi connectivity index (χ3n) is 4.25. The molecule has 0 saturated carbocycles. The molecule has 3 rings (SSSR count). The number of methoxy groups -OCH3 is 1. The topological polar surface area (TPSA) is 55.6 Å². The maximum absolute atomic E-state index is 12.4. The second-order valence-corrected chi connectivity index (χ2v) is 5.64. The zero-order valence-corrected chi connectivity index (χ0v) is 12.6. The molecule has 5 heteroatoms. The van der Waals surface area contributed by atoms with Gasteiger partial charge in [0.2, 0.25) is 0 Å². The van der Waals surface area contributed by atoms with E-state index in [1.165, 1.54) is 18.2 Å². The summed E-state index contributed by atoms with van der Waals surface area (Å²) in [6, 6.07) is 10.3. The zero-order chi connectivity index (χ0) is 15.4. The van der Waals surface area contributed by atoms with Crippen molar-refractivity contribution in [3.05, 3.63) is 54.2 Å². The van der Waals surface area contributed by atoms with Gasteiger partial charge in [0.25, 0.3) is 5.91 Å². The Bertz CT molecular complexity index is 598. The van der Waals surface area contributed by atoms with E-state index < -0.39 is 0 Å². The van der Waals surface area contributed by atoms with Crippen LogP contribution in [0.25, 0.3) is 0 Å². The number of hydrogen-bond donors (Lipinski definition) is 0. The van der Waals surface area contributed by atoms with Crippen LogP contribution in [0, 0.1) is 5.92 Å². The highest BCUT2D eigenvalue weighted by Gasteiger charge is 2.32. The number of nitrogens with zero attached hydrogens (tertiary/aromatic N) is 2. The van der Waals surface area contributed by atoms with Gasteiger partial charge in [-0.2, -0.15) is 0 Å². The lowest BCUT2D eigenvalue weighted by Gasteiger charge is -2.37. The molecular formula is C17H20N2O3. The van der Waals surface area contributed by atoms with Crippen LogP contribution in [0.15, 0.2) is 47.4 Å². The molecule has 1 amide bonds. The van der Waals surface area contributed by atoms with Gasteiger partial charge in [-0.3, -0.25) is 4.79 Å². The minimum atomic E-state index is -0.0682. The van der Waals surface area contributed by atoms with Crippen molar-refractivity contribution in [1.29, 1.82) is 0 Å². The minimum absolute atomic E-state index is 0.0682. The molecule has 0 unspecified atom stereocenters. The molecule has 1 fully saturated rings. The van der Waals surface area contributed by atoms with Crippen molar-refractivity contribution in [2.75, 3.05) is 20.2 Å². The van der Waals surface area contributed by atoms with Crippen LogP contribution in [-0.2, 0) is 11.2 Å². The van der Waals surface area contributed by atoms with Gasteiger partial charge in [-0.15, -0.1) is 0 Å². The fourth-order valence-corrected chi connectivity index (χ4v) is 3.10. The summed E-state index contributed by atoms with van der Waals surface area (Å²) in [7, 11) is 1.75. The molecule has 2 aromatic rings. The molecule has 5 nitrogen and oxygen atoms in total. The normalized spacial score (nSPS) is 21.8. The summed E-state index contributed by atoms with van der Waals surface area (Å²) in [6.45, 7) is 1.37. The Labute approximate surface area is 129 Å². The first kappa shape index (κ1) is 14.8. The first-order chi connectivity index (χ1) is 10.8. The number of likely N-dealkylation sites (tertiary alicyclic amines) is 1. The van der Waals surface area contributed by atoms with Crippen molar-refractivity contribution in [1.82, 2.24) is 9.88 Å². The Kier molecular flexibility index (Phi) is 4.53. The van der Waals surface area contributed by atoms with E-state index in [-0.39, 0.29) is 17.9 Å². The lowest BCUT2D eigenvalue weighted by molar-refractivity contribution is -0.00317. The third kappa shape index (κ3) is 3.20. The summed E-state index contributed by atoms with van der Waals surface area (Å²) in [5.41, 5.74) is 1.64. The van der Waals surface area contributed by atoms with Gasteiger partial charge in [0, 0.05) is 26.1 Å². The van der Waals surface area contributed by atoms with Crippen LogP contribution >= 0.6 is 0 Å². The number of hydrogen-bond acceptors (Lipinski definition) is 4. The molecule has 1 aliphatic heterocycles. The predicted octanol–water partition coefficient (Wildman–Crippen LogP) is 2.39. The monoisotopic (exact) mass is 300 g/mol. The summed E-state index contributed by atoms with van der Waals surface area (Å²) in [5.74, 6) is 0.221. The number of amides is 1. The van der Waals surface area contributed by atoms with Gasteiger partial charge in [-0.25, -0.2) is 4.98 Å². The zero-order valence-electron chi connectivity index (χ0n) is 12.6. The minimum Gasteiger partial charge on any atom is -0.451 e. The van der Waals surface area contributed by atoms with Gasteiger partial charge in [0.05, 0.1) is 6.10 Å². The number of ether oxygens (including phenoxy) is 1. The average molecular weight is 300 g/mol. The van der Waals surface area contributed by atoms with Gasteiger partial charge in [-0.1, -0.05) is 30.3 Å². The maximum atomic E-state index is 12.4. The fraction of sp³-hybridized carbons (Fsp3) is 0.412. The number of benzene rings is 1. The van der Waals surface area contributed by atoms with Crippen molar-refractivity contribution in [2.24, 2.45) is 5.92 Å². The van der Waals surface area contributed by atoms with Crippen LogP contribution < -0.4 is 0 Å². The van der Waals surface area contributed by atoms with Crippen LogP contribution in [0.4, 0.5) is 0 Å². The van der Waals surface area contributed by atoms with Crippen LogP contribution in [0.1, 0.15) is 22.5 Å². The van der Waals surface area contributed by atoms with Gasteiger partial charge < -0.3 is 14.1 Å². The molecular weight excluding hydrogens is 280 g/mol. The summed E-state index contributed by atoms with van der Waals surface area (Å²) >= 11 is 0. The molecule has 0 spiro atoms. The molecule has 1 saturated heterocycles. The lowest BCUT2D eigenvalue weighted by atomic mass is 9.88. The molecule has 22 heavy (non-hydrogen) atoms. The smallest absolute Gasteiger partial charge is 0.275 e. The standard InChI is InChI=1S/C17H20N2O3/c1-21-16-7-8-19(17(20)15-11-22-12-18-15)10-14(16)9-13-5-3-2-4-6-13/h2-6,11-12,14,16H,7-10H2,1H3/t14-,16+/m0/s1. The Morgan fingerprint density at radius 3 is 2.91 bits per heavy atom. The Morgan fingerprint density at radius 2 is 2.23 bits per heavy atom. The van der Waals surface area contributed by atoms with Gasteiger partial charge in [0.15, 0.2) is 12.1 Å². The number of oxazole rings is 1. The van der Waals surface area contributed by atoms with E-state index in [1.54, 1.807) is 7.11 Å². The van der Waals surface area contributed by atoms with Crippen molar-refractivity contribution < 1.29 is 13.9 Å². The number of rotatable bonds is 4. The summed E-state index contributed by atoms with van der Waals surface area (Å²) in [6.07, 6.45) is 4.62. The molecule has 2 heterocycles. The molecule has 1 aliphatic rings. The second kappa shape index (κ2) is 6.75. The van der Waals surface area contributed by atoms with E-state index in [1.807, 2.05) is 23.1 Å². The SMILES string of the molecule is CO[C@@H]1CCN(C(=O)c2cocn2)C[C@@H]1Cc1ccccc1. The Balaban J connectivity index is 1.71. The molecule has 0 N–H and O–H groups in total. The van der Waals surface area contributed by atoms with E-state index in [0.29, 0.717) is 18.8 Å². The van der Waals surface area contributed by atoms with E-state index in [4.69, 9.17) is 9.15 Å². The Hall–Kier alpha value is -2.14. The number of aromatic nitrogens is 1. The summed E-state index contributed by atoms with van der Waals surface area (Å²) in [5, 5.41) is 0. The number of piperidine rings is 1. The average Bonchev–Trinajstić information content (AvgIpc) is 3.09. The molecule has 0 bridgehead atoms. The number of carbonyl (C=O) groups is 1. The molecule has 116 valence electrons. The quantitative estimate of drug-likeness (QED) is 0.870. The predicted molar refractivity (Wildman–Crippen MR) is 81.5 cm³/mol.